The Balaban J connectivity index is 1.54. The molecular weight excluding hydrogens is 308 g/mol. The summed E-state index contributed by atoms with van der Waals surface area (Å²) in [5.41, 5.74) is 1.03. The quantitative estimate of drug-likeness (QED) is 0.742. The van der Waals surface area contributed by atoms with Gasteiger partial charge in [0, 0.05) is 17.3 Å². The molecule has 0 bridgehead atoms. The van der Waals surface area contributed by atoms with Crippen molar-refractivity contribution in [3.8, 4) is 0 Å². The number of rotatable bonds is 4. The van der Waals surface area contributed by atoms with Gasteiger partial charge in [-0.2, -0.15) is 0 Å². The van der Waals surface area contributed by atoms with Crippen molar-refractivity contribution in [1.82, 2.24) is 9.88 Å². The predicted molar refractivity (Wildman–Crippen MR) is 90.3 cm³/mol. The first-order valence-electron chi connectivity index (χ1n) is 7.22. The second-order valence-corrected chi connectivity index (χ2v) is 8.01. The van der Waals surface area contributed by atoms with E-state index in [1.807, 2.05) is 23.9 Å². The van der Waals surface area contributed by atoms with Crippen LogP contribution in [0.25, 0.3) is 10.2 Å². The van der Waals surface area contributed by atoms with Gasteiger partial charge in [-0.15, -0.1) is 11.3 Å². The maximum Gasteiger partial charge on any atom is 0.151 e. The molecule has 3 rings (SSSR count). The lowest BCUT2D eigenvalue weighted by Crippen LogP contribution is -2.26. The minimum atomic E-state index is 0.768. The molecule has 108 valence electrons. The molecule has 0 saturated carbocycles. The van der Waals surface area contributed by atoms with Crippen molar-refractivity contribution in [1.29, 1.82) is 0 Å². The molecule has 2 aromatic rings. The number of thioether (sulfide) groups is 1. The zero-order valence-electron chi connectivity index (χ0n) is 11.5. The van der Waals surface area contributed by atoms with Crippen LogP contribution in [0.15, 0.2) is 22.5 Å². The highest BCUT2D eigenvalue weighted by Crippen LogP contribution is 2.31. The Labute approximate surface area is 133 Å². The second kappa shape index (κ2) is 7.12. The van der Waals surface area contributed by atoms with E-state index < -0.39 is 0 Å². The third kappa shape index (κ3) is 3.88. The van der Waals surface area contributed by atoms with Gasteiger partial charge in [-0.25, -0.2) is 4.98 Å². The number of likely N-dealkylation sites (tertiary alicyclic amines) is 1. The van der Waals surface area contributed by atoms with Crippen molar-refractivity contribution >= 4 is 44.9 Å². The zero-order valence-corrected chi connectivity index (χ0v) is 13.9. The zero-order chi connectivity index (χ0) is 13.8. The van der Waals surface area contributed by atoms with Gasteiger partial charge < -0.3 is 4.90 Å². The third-order valence-corrected chi connectivity index (χ3v) is 6.06. The van der Waals surface area contributed by atoms with Crippen LogP contribution in [0, 0.1) is 0 Å². The monoisotopic (exact) mass is 326 g/mol. The first-order valence-corrected chi connectivity index (χ1v) is 9.40. The van der Waals surface area contributed by atoms with Crippen molar-refractivity contribution in [2.24, 2.45) is 0 Å². The van der Waals surface area contributed by atoms with Crippen LogP contribution in [0.2, 0.25) is 5.02 Å². The lowest BCUT2D eigenvalue weighted by Gasteiger charge is -2.18. The summed E-state index contributed by atoms with van der Waals surface area (Å²) in [7, 11) is 0. The highest BCUT2D eigenvalue weighted by atomic mass is 35.5. The van der Waals surface area contributed by atoms with Crippen molar-refractivity contribution in [3.05, 3.63) is 23.2 Å². The minimum Gasteiger partial charge on any atom is -0.303 e. The molecule has 20 heavy (non-hydrogen) atoms. The van der Waals surface area contributed by atoms with Gasteiger partial charge in [-0.3, -0.25) is 0 Å². The number of hydrogen-bond acceptors (Lipinski definition) is 4. The lowest BCUT2D eigenvalue weighted by molar-refractivity contribution is 0.303. The van der Waals surface area contributed by atoms with E-state index in [9.17, 15) is 0 Å². The Morgan fingerprint density at radius 3 is 2.80 bits per heavy atom. The topological polar surface area (TPSA) is 16.1 Å². The molecule has 0 amide bonds. The summed E-state index contributed by atoms with van der Waals surface area (Å²) in [5.74, 6) is 1.13. The largest absolute Gasteiger partial charge is 0.303 e. The van der Waals surface area contributed by atoms with E-state index in [-0.39, 0.29) is 0 Å². The summed E-state index contributed by atoms with van der Waals surface area (Å²) < 4.78 is 2.39. The van der Waals surface area contributed by atoms with Gasteiger partial charge in [0.05, 0.1) is 10.2 Å². The van der Waals surface area contributed by atoms with E-state index in [1.165, 1.54) is 50.0 Å². The van der Waals surface area contributed by atoms with Crippen molar-refractivity contribution in [3.63, 3.8) is 0 Å². The summed E-state index contributed by atoms with van der Waals surface area (Å²) in [6, 6.07) is 5.95. The highest BCUT2D eigenvalue weighted by molar-refractivity contribution is 8.01. The van der Waals surface area contributed by atoms with Crippen LogP contribution in [0.1, 0.15) is 25.7 Å². The molecule has 1 aromatic heterocycles. The first-order chi connectivity index (χ1) is 9.81. The lowest BCUT2D eigenvalue weighted by atomic mass is 10.2. The van der Waals surface area contributed by atoms with Gasteiger partial charge in [0.15, 0.2) is 4.34 Å². The van der Waals surface area contributed by atoms with E-state index in [4.69, 9.17) is 11.6 Å². The molecule has 1 saturated heterocycles. The number of hydrogen-bond donors (Lipinski definition) is 0. The van der Waals surface area contributed by atoms with Gasteiger partial charge in [-0.05, 0) is 44.1 Å². The Kier molecular flexibility index (Phi) is 5.21. The molecule has 0 radical (unpaired) electrons. The van der Waals surface area contributed by atoms with Gasteiger partial charge >= 0.3 is 0 Å². The third-order valence-electron chi connectivity index (χ3n) is 3.66. The molecule has 1 aromatic carbocycles. The average Bonchev–Trinajstić information content (AvgIpc) is 2.66. The fraction of sp³-hybridized carbons (Fsp3) is 0.533. The van der Waals surface area contributed by atoms with Gasteiger partial charge in [0.2, 0.25) is 0 Å². The number of benzene rings is 1. The van der Waals surface area contributed by atoms with Crippen molar-refractivity contribution < 1.29 is 0 Å². The standard InChI is InChI=1S/C15H19ClN2S2/c16-12-5-6-14-13(11-12)17-15(20-14)19-10-9-18-7-3-1-2-4-8-18/h5-6,11H,1-4,7-10H2. The molecule has 1 aliphatic rings. The number of halogens is 1. The predicted octanol–water partition coefficient (Wildman–Crippen LogP) is 4.92. The molecule has 5 heteroatoms. The molecule has 0 N–H and O–H groups in total. The fourth-order valence-corrected chi connectivity index (χ4v) is 4.85. The van der Waals surface area contributed by atoms with Gasteiger partial charge in [0.1, 0.15) is 0 Å². The Morgan fingerprint density at radius 2 is 2.00 bits per heavy atom. The first kappa shape index (κ1) is 14.6. The van der Waals surface area contributed by atoms with E-state index >= 15 is 0 Å². The van der Waals surface area contributed by atoms with Crippen LogP contribution in [0.3, 0.4) is 0 Å². The summed E-state index contributed by atoms with van der Waals surface area (Å²) in [6.07, 6.45) is 5.54. The summed E-state index contributed by atoms with van der Waals surface area (Å²) in [6.45, 7) is 3.73. The van der Waals surface area contributed by atoms with Crippen molar-refractivity contribution in [2.75, 3.05) is 25.4 Å². The van der Waals surface area contributed by atoms with Crippen LogP contribution in [-0.2, 0) is 0 Å². The Morgan fingerprint density at radius 1 is 1.20 bits per heavy atom. The summed E-state index contributed by atoms with van der Waals surface area (Å²) in [4.78, 5) is 7.25. The van der Waals surface area contributed by atoms with Crippen molar-refractivity contribution in [2.45, 2.75) is 30.0 Å². The molecule has 0 spiro atoms. The molecule has 2 heterocycles. The number of thiazole rings is 1. The van der Waals surface area contributed by atoms with E-state index in [1.54, 1.807) is 11.3 Å². The summed E-state index contributed by atoms with van der Waals surface area (Å²) in [5, 5.41) is 0.768. The molecule has 1 aliphatic heterocycles. The Bertz CT molecular complexity index is 562. The van der Waals surface area contributed by atoms with Crippen LogP contribution in [0.4, 0.5) is 0 Å². The summed E-state index contributed by atoms with van der Waals surface area (Å²) >= 11 is 9.65. The number of aromatic nitrogens is 1. The Hall–Kier alpha value is -0.290. The molecule has 1 fully saturated rings. The van der Waals surface area contributed by atoms with E-state index in [0.717, 1.165) is 20.6 Å². The SMILES string of the molecule is Clc1ccc2sc(SCCN3CCCCCC3)nc2c1. The smallest absolute Gasteiger partial charge is 0.151 e. The van der Waals surface area contributed by atoms with Gasteiger partial charge in [0.25, 0.3) is 0 Å². The molecule has 2 nitrogen and oxygen atoms in total. The van der Waals surface area contributed by atoms with E-state index in [2.05, 4.69) is 16.0 Å². The molecule has 0 unspecified atom stereocenters. The molecular formula is C15H19ClN2S2. The highest BCUT2D eigenvalue weighted by Gasteiger charge is 2.10. The number of nitrogens with zero attached hydrogens (tertiary/aromatic N) is 2. The fourth-order valence-electron chi connectivity index (χ4n) is 2.56. The normalized spacial score (nSPS) is 17.4. The maximum atomic E-state index is 6.00. The van der Waals surface area contributed by atoms with Crippen LogP contribution < -0.4 is 0 Å². The van der Waals surface area contributed by atoms with Crippen LogP contribution >= 0.6 is 34.7 Å². The minimum absolute atomic E-state index is 0.768. The van der Waals surface area contributed by atoms with Crippen LogP contribution in [-0.4, -0.2) is 35.3 Å². The molecule has 0 aliphatic carbocycles. The molecule has 0 atom stereocenters. The second-order valence-electron chi connectivity index (χ2n) is 5.20. The van der Waals surface area contributed by atoms with Crippen LogP contribution in [0.5, 0.6) is 0 Å². The number of fused-ring (bicyclic) bond motifs is 1. The van der Waals surface area contributed by atoms with Gasteiger partial charge in [-0.1, -0.05) is 36.2 Å². The van der Waals surface area contributed by atoms with E-state index in [0.29, 0.717) is 0 Å². The maximum absolute atomic E-state index is 6.00. The average molecular weight is 327 g/mol.